The number of methoxy groups -OCH3 is 1. The third kappa shape index (κ3) is 10.4. The van der Waals surface area contributed by atoms with E-state index < -0.39 is 0 Å². The van der Waals surface area contributed by atoms with Crippen LogP contribution in [0.4, 0.5) is 4.39 Å². The molecule has 7 heteroatoms. The average molecular weight is 451 g/mol. The molecule has 0 aliphatic carbocycles. The van der Waals surface area contributed by atoms with E-state index in [0.29, 0.717) is 18.9 Å². The standard InChI is InChI=1S/C17H26FN3O2.HI/c1-19-17(21-13-14-8-7-9-15(18)12-14)20-11-6-4-3-5-10-16(22)23-2;/h7-9,12H,3-6,10-11,13H2,1-2H3,(H2,19,20,21);1H. The number of carbonyl (C=O) groups is 1. The Kier molecular flexibility index (Phi) is 13.2. The molecule has 1 aromatic rings. The Morgan fingerprint density at radius 3 is 2.62 bits per heavy atom. The number of nitrogens with zero attached hydrogens (tertiary/aromatic N) is 1. The molecule has 0 fully saturated rings. The highest BCUT2D eigenvalue weighted by Gasteiger charge is 2.01. The number of rotatable bonds is 9. The Morgan fingerprint density at radius 2 is 1.96 bits per heavy atom. The zero-order chi connectivity index (χ0) is 16.9. The van der Waals surface area contributed by atoms with Crippen molar-refractivity contribution in [1.29, 1.82) is 0 Å². The van der Waals surface area contributed by atoms with Gasteiger partial charge in [-0.2, -0.15) is 0 Å². The lowest BCUT2D eigenvalue weighted by atomic mass is 10.1. The molecule has 0 aromatic heterocycles. The van der Waals surface area contributed by atoms with Gasteiger partial charge in [-0.3, -0.25) is 9.79 Å². The molecule has 0 amide bonds. The number of ether oxygens (including phenoxy) is 1. The molecule has 0 heterocycles. The lowest BCUT2D eigenvalue weighted by Gasteiger charge is -2.12. The fourth-order valence-electron chi connectivity index (χ4n) is 2.11. The molecule has 1 aromatic carbocycles. The first-order valence-corrected chi connectivity index (χ1v) is 7.91. The van der Waals surface area contributed by atoms with Crippen LogP contribution in [0.1, 0.15) is 37.7 Å². The number of halogens is 2. The van der Waals surface area contributed by atoms with Crippen molar-refractivity contribution in [3.8, 4) is 0 Å². The van der Waals surface area contributed by atoms with Crippen LogP contribution in [0, 0.1) is 5.82 Å². The van der Waals surface area contributed by atoms with Crippen LogP contribution in [0.2, 0.25) is 0 Å². The zero-order valence-corrected chi connectivity index (χ0v) is 16.6. The van der Waals surface area contributed by atoms with E-state index in [2.05, 4.69) is 20.4 Å². The van der Waals surface area contributed by atoms with E-state index in [-0.39, 0.29) is 35.8 Å². The van der Waals surface area contributed by atoms with Gasteiger partial charge in [-0.05, 0) is 30.5 Å². The molecule has 136 valence electrons. The lowest BCUT2D eigenvalue weighted by Crippen LogP contribution is -2.37. The molecule has 0 aliphatic rings. The Hall–Kier alpha value is -1.38. The van der Waals surface area contributed by atoms with Crippen molar-refractivity contribution in [3.63, 3.8) is 0 Å². The molecule has 0 saturated carbocycles. The molecule has 0 unspecified atom stereocenters. The van der Waals surface area contributed by atoms with Crippen molar-refractivity contribution in [2.24, 2.45) is 4.99 Å². The summed E-state index contributed by atoms with van der Waals surface area (Å²) in [6, 6.07) is 6.49. The van der Waals surface area contributed by atoms with Crippen LogP contribution in [0.5, 0.6) is 0 Å². The second-order valence-corrected chi connectivity index (χ2v) is 5.22. The van der Waals surface area contributed by atoms with Crippen molar-refractivity contribution in [3.05, 3.63) is 35.6 Å². The second kappa shape index (κ2) is 14.0. The van der Waals surface area contributed by atoms with Crippen molar-refractivity contribution in [2.45, 2.75) is 38.6 Å². The normalized spacial score (nSPS) is 10.7. The molecular formula is C17H27FIN3O2. The molecular weight excluding hydrogens is 424 g/mol. The fraction of sp³-hybridized carbons (Fsp3) is 0.529. The minimum absolute atomic E-state index is 0. The predicted molar refractivity (Wildman–Crippen MR) is 105 cm³/mol. The summed E-state index contributed by atoms with van der Waals surface area (Å²) in [7, 11) is 3.12. The van der Waals surface area contributed by atoms with Crippen LogP contribution < -0.4 is 10.6 Å². The summed E-state index contributed by atoms with van der Waals surface area (Å²) < 4.78 is 17.7. The Balaban J connectivity index is 0.00000529. The topological polar surface area (TPSA) is 62.7 Å². The van der Waals surface area contributed by atoms with Gasteiger partial charge in [-0.15, -0.1) is 24.0 Å². The molecule has 0 atom stereocenters. The summed E-state index contributed by atoms with van der Waals surface area (Å²) in [6.45, 7) is 1.33. The van der Waals surface area contributed by atoms with E-state index in [0.717, 1.165) is 37.8 Å². The van der Waals surface area contributed by atoms with Gasteiger partial charge in [0, 0.05) is 26.6 Å². The number of hydrogen-bond donors (Lipinski definition) is 2. The number of nitrogens with one attached hydrogen (secondary N) is 2. The second-order valence-electron chi connectivity index (χ2n) is 5.22. The van der Waals surface area contributed by atoms with E-state index >= 15 is 0 Å². The quantitative estimate of drug-likeness (QED) is 0.199. The van der Waals surface area contributed by atoms with Gasteiger partial charge in [0.2, 0.25) is 0 Å². The molecule has 0 saturated heterocycles. The highest BCUT2D eigenvalue weighted by molar-refractivity contribution is 14.0. The number of hydrogen-bond acceptors (Lipinski definition) is 3. The highest BCUT2D eigenvalue weighted by Crippen LogP contribution is 2.04. The van der Waals surface area contributed by atoms with E-state index in [1.165, 1.54) is 19.2 Å². The third-order valence-electron chi connectivity index (χ3n) is 3.40. The van der Waals surface area contributed by atoms with Crippen LogP contribution in [-0.2, 0) is 16.1 Å². The summed E-state index contributed by atoms with van der Waals surface area (Å²) in [4.78, 5) is 15.1. The minimum atomic E-state index is -0.237. The first-order chi connectivity index (χ1) is 11.2. The van der Waals surface area contributed by atoms with E-state index in [1.807, 2.05) is 6.07 Å². The van der Waals surface area contributed by atoms with Crippen molar-refractivity contribution in [2.75, 3.05) is 20.7 Å². The van der Waals surface area contributed by atoms with Crippen LogP contribution in [0.25, 0.3) is 0 Å². The molecule has 0 bridgehead atoms. The zero-order valence-electron chi connectivity index (χ0n) is 14.3. The van der Waals surface area contributed by atoms with Crippen LogP contribution in [0.15, 0.2) is 29.3 Å². The van der Waals surface area contributed by atoms with Crippen molar-refractivity contribution >= 4 is 35.9 Å². The Bertz CT molecular complexity index is 512. The van der Waals surface area contributed by atoms with E-state index in [4.69, 9.17) is 0 Å². The van der Waals surface area contributed by atoms with Gasteiger partial charge >= 0.3 is 5.97 Å². The third-order valence-corrected chi connectivity index (χ3v) is 3.40. The lowest BCUT2D eigenvalue weighted by molar-refractivity contribution is -0.140. The average Bonchev–Trinajstić information content (AvgIpc) is 2.56. The number of guanidine groups is 1. The monoisotopic (exact) mass is 451 g/mol. The Labute approximate surface area is 160 Å². The van der Waals surface area contributed by atoms with Gasteiger partial charge in [0.25, 0.3) is 0 Å². The van der Waals surface area contributed by atoms with Crippen molar-refractivity contribution < 1.29 is 13.9 Å². The molecule has 0 radical (unpaired) electrons. The van der Waals surface area contributed by atoms with Crippen molar-refractivity contribution in [1.82, 2.24) is 10.6 Å². The first kappa shape index (κ1) is 22.6. The van der Waals surface area contributed by atoms with Crippen LogP contribution >= 0.6 is 24.0 Å². The van der Waals surface area contributed by atoms with Crippen LogP contribution in [0.3, 0.4) is 0 Å². The number of unbranched alkanes of at least 4 members (excludes halogenated alkanes) is 3. The molecule has 24 heavy (non-hydrogen) atoms. The maximum Gasteiger partial charge on any atom is 0.305 e. The molecule has 1 rings (SSSR count). The van der Waals surface area contributed by atoms with E-state index in [9.17, 15) is 9.18 Å². The summed E-state index contributed by atoms with van der Waals surface area (Å²) in [5.74, 6) is 0.313. The summed E-state index contributed by atoms with van der Waals surface area (Å²) in [5, 5.41) is 6.37. The van der Waals surface area contributed by atoms with Gasteiger partial charge in [0.1, 0.15) is 5.82 Å². The van der Waals surface area contributed by atoms with Gasteiger partial charge in [-0.25, -0.2) is 4.39 Å². The maximum atomic E-state index is 13.1. The van der Waals surface area contributed by atoms with Crippen LogP contribution in [-0.4, -0.2) is 32.6 Å². The fourth-order valence-corrected chi connectivity index (χ4v) is 2.11. The molecule has 0 aliphatic heterocycles. The van der Waals surface area contributed by atoms with Gasteiger partial charge in [0.05, 0.1) is 7.11 Å². The predicted octanol–water partition coefficient (Wildman–Crippen LogP) is 3.23. The highest BCUT2D eigenvalue weighted by atomic mass is 127. The summed E-state index contributed by atoms with van der Waals surface area (Å²) in [6.07, 6.45) is 4.40. The molecule has 5 nitrogen and oxygen atoms in total. The number of esters is 1. The van der Waals surface area contributed by atoms with Gasteiger partial charge < -0.3 is 15.4 Å². The minimum Gasteiger partial charge on any atom is -0.469 e. The smallest absolute Gasteiger partial charge is 0.305 e. The number of benzene rings is 1. The van der Waals surface area contributed by atoms with E-state index in [1.54, 1.807) is 13.1 Å². The summed E-state index contributed by atoms with van der Waals surface area (Å²) >= 11 is 0. The first-order valence-electron chi connectivity index (χ1n) is 7.91. The largest absolute Gasteiger partial charge is 0.469 e. The van der Waals surface area contributed by atoms with Gasteiger partial charge in [0.15, 0.2) is 5.96 Å². The SMILES string of the molecule is CN=C(NCCCCCCC(=O)OC)NCc1cccc(F)c1.I. The Morgan fingerprint density at radius 1 is 1.21 bits per heavy atom. The summed E-state index contributed by atoms with van der Waals surface area (Å²) in [5.41, 5.74) is 0.871. The molecule has 0 spiro atoms. The van der Waals surface area contributed by atoms with Gasteiger partial charge in [-0.1, -0.05) is 25.0 Å². The molecule has 2 N–H and O–H groups in total. The number of carbonyl (C=O) groups excluding carboxylic acids is 1. The maximum absolute atomic E-state index is 13.1. The number of aliphatic imine (C=N–C) groups is 1.